The van der Waals surface area contributed by atoms with Crippen molar-refractivity contribution in [2.24, 2.45) is 7.05 Å². The highest BCUT2D eigenvalue weighted by molar-refractivity contribution is 5.83. The van der Waals surface area contributed by atoms with Gasteiger partial charge in [-0.15, -0.1) is 0 Å². The minimum Gasteiger partial charge on any atom is -0.481 e. The van der Waals surface area contributed by atoms with Gasteiger partial charge in [-0.1, -0.05) is 12.1 Å². The molecule has 1 heterocycles. The summed E-state index contributed by atoms with van der Waals surface area (Å²) in [5, 5.41) is 14.9. The lowest BCUT2D eigenvalue weighted by Gasteiger charge is -2.27. The van der Waals surface area contributed by atoms with Crippen LogP contribution < -0.4 is 0 Å². The first-order chi connectivity index (χ1) is 12.8. The van der Waals surface area contributed by atoms with Gasteiger partial charge in [-0.25, -0.2) is 8.78 Å². The van der Waals surface area contributed by atoms with Crippen LogP contribution in [0.25, 0.3) is 10.9 Å². The Balaban J connectivity index is 1.79. The van der Waals surface area contributed by atoms with Crippen LogP contribution >= 0.6 is 0 Å². The number of hydrogen-bond donors (Lipinski definition) is 1. The highest BCUT2D eigenvalue weighted by Crippen LogP contribution is 2.50. The average molecular weight is 370 g/mol. The van der Waals surface area contributed by atoms with E-state index in [9.17, 15) is 18.7 Å². The Labute approximate surface area is 155 Å². The number of nitrogens with zero attached hydrogens (tertiary/aromatic N) is 2. The molecule has 1 aliphatic rings. The predicted molar refractivity (Wildman–Crippen MR) is 97.7 cm³/mol. The standard InChI is InChI=1S/C21H20F2N2O2/c1-12-16(4-3-5-17(12)22)21(20(26)27)7-6-13(10-21)15-9-19-14(8-18(15)23)11-24-25(19)2/h3-5,8-9,11,13H,6-7,10H2,1-2H3,(H,26,27)/t13?,21-/m0/s1. The van der Waals surface area contributed by atoms with Gasteiger partial charge in [-0.3, -0.25) is 9.48 Å². The molecule has 4 nitrogen and oxygen atoms in total. The number of aryl methyl sites for hydroxylation is 1. The largest absolute Gasteiger partial charge is 0.481 e. The van der Waals surface area contributed by atoms with E-state index in [4.69, 9.17) is 0 Å². The van der Waals surface area contributed by atoms with Gasteiger partial charge in [0.15, 0.2) is 0 Å². The lowest BCUT2D eigenvalue weighted by atomic mass is 9.75. The molecule has 6 heteroatoms. The topological polar surface area (TPSA) is 55.1 Å². The summed E-state index contributed by atoms with van der Waals surface area (Å²) in [5.41, 5.74) is 0.942. The van der Waals surface area contributed by atoms with Crippen LogP contribution in [-0.2, 0) is 17.3 Å². The molecular formula is C21H20F2N2O2. The highest BCUT2D eigenvalue weighted by Gasteiger charge is 2.48. The third kappa shape index (κ3) is 2.62. The Bertz CT molecular complexity index is 1060. The molecular weight excluding hydrogens is 350 g/mol. The summed E-state index contributed by atoms with van der Waals surface area (Å²) in [5.74, 6) is -2.00. The number of hydrogen-bond acceptors (Lipinski definition) is 2. The van der Waals surface area contributed by atoms with Crippen molar-refractivity contribution in [2.45, 2.75) is 37.5 Å². The normalized spacial score (nSPS) is 22.4. The van der Waals surface area contributed by atoms with Crippen molar-refractivity contribution in [3.8, 4) is 0 Å². The van der Waals surface area contributed by atoms with Crippen LogP contribution in [0.2, 0.25) is 0 Å². The van der Waals surface area contributed by atoms with Crippen molar-refractivity contribution in [3.63, 3.8) is 0 Å². The lowest BCUT2D eigenvalue weighted by molar-refractivity contribution is -0.143. The molecule has 2 aromatic carbocycles. The van der Waals surface area contributed by atoms with Crippen molar-refractivity contribution in [3.05, 3.63) is 64.9 Å². The second kappa shape index (κ2) is 6.15. The molecule has 1 saturated carbocycles. The van der Waals surface area contributed by atoms with Crippen molar-refractivity contribution >= 4 is 16.9 Å². The van der Waals surface area contributed by atoms with Crippen LogP contribution in [0.5, 0.6) is 0 Å². The molecule has 1 unspecified atom stereocenters. The Morgan fingerprint density at radius 3 is 2.81 bits per heavy atom. The molecule has 0 bridgehead atoms. The molecule has 0 saturated heterocycles. The number of halogens is 2. The van der Waals surface area contributed by atoms with Crippen molar-refractivity contribution in [2.75, 3.05) is 0 Å². The number of carboxylic acids is 1. The molecule has 0 aliphatic heterocycles. The van der Waals surface area contributed by atoms with E-state index < -0.39 is 17.2 Å². The van der Waals surface area contributed by atoms with Gasteiger partial charge in [0.05, 0.1) is 17.1 Å². The van der Waals surface area contributed by atoms with Crippen LogP contribution in [0.4, 0.5) is 8.78 Å². The quantitative estimate of drug-likeness (QED) is 0.741. The Kier molecular flexibility index (Phi) is 4.02. The minimum atomic E-state index is -1.20. The molecule has 1 aliphatic carbocycles. The number of rotatable bonds is 3. The first-order valence-electron chi connectivity index (χ1n) is 8.93. The number of fused-ring (bicyclic) bond motifs is 1. The number of aliphatic carboxylic acids is 1. The van der Waals surface area contributed by atoms with E-state index >= 15 is 0 Å². The zero-order valence-corrected chi connectivity index (χ0v) is 15.2. The van der Waals surface area contributed by atoms with Crippen LogP contribution in [0.3, 0.4) is 0 Å². The predicted octanol–water partition coefficient (Wildman–Crippen LogP) is 4.45. The maximum atomic E-state index is 14.7. The Morgan fingerprint density at radius 1 is 1.30 bits per heavy atom. The van der Waals surface area contributed by atoms with Gasteiger partial charge in [0.25, 0.3) is 0 Å². The SMILES string of the molecule is Cc1c(F)cccc1[C@]1(C(=O)O)CCC(c2cc3c(cnn3C)cc2F)C1. The summed E-state index contributed by atoms with van der Waals surface area (Å²) in [7, 11) is 1.79. The highest BCUT2D eigenvalue weighted by atomic mass is 19.1. The minimum absolute atomic E-state index is 0.243. The summed E-state index contributed by atoms with van der Waals surface area (Å²) in [4.78, 5) is 12.2. The summed E-state index contributed by atoms with van der Waals surface area (Å²) < 4.78 is 30.5. The summed E-state index contributed by atoms with van der Waals surface area (Å²) in [6, 6.07) is 7.76. The zero-order valence-electron chi connectivity index (χ0n) is 15.2. The smallest absolute Gasteiger partial charge is 0.314 e. The Morgan fingerprint density at radius 2 is 2.07 bits per heavy atom. The van der Waals surface area contributed by atoms with E-state index in [2.05, 4.69) is 5.10 Å². The Hall–Kier alpha value is -2.76. The van der Waals surface area contributed by atoms with Crippen molar-refractivity contribution in [1.82, 2.24) is 9.78 Å². The van der Waals surface area contributed by atoms with Gasteiger partial charge in [0.1, 0.15) is 11.6 Å². The summed E-state index contributed by atoms with van der Waals surface area (Å²) >= 11 is 0. The molecule has 3 aromatic rings. The van der Waals surface area contributed by atoms with Crippen LogP contribution in [0.15, 0.2) is 36.5 Å². The number of carboxylic acid groups (broad SMARTS) is 1. The molecule has 2 atom stereocenters. The van der Waals surface area contributed by atoms with Gasteiger partial charge >= 0.3 is 5.97 Å². The van der Waals surface area contributed by atoms with E-state index in [1.165, 1.54) is 18.2 Å². The molecule has 0 spiro atoms. The third-order valence-corrected chi connectivity index (χ3v) is 6.01. The van der Waals surface area contributed by atoms with Gasteiger partial charge in [-0.2, -0.15) is 5.10 Å². The maximum Gasteiger partial charge on any atom is 0.314 e. The average Bonchev–Trinajstić information content (AvgIpc) is 3.22. The molecule has 1 N–H and O–H groups in total. The van der Waals surface area contributed by atoms with E-state index in [1.54, 1.807) is 37.0 Å². The first kappa shape index (κ1) is 17.6. The molecule has 1 aromatic heterocycles. The fraction of sp³-hybridized carbons (Fsp3) is 0.333. The zero-order chi connectivity index (χ0) is 19.3. The van der Waals surface area contributed by atoms with E-state index in [-0.39, 0.29) is 18.2 Å². The number of aromatic nitrogens is 2. The second-order valence-corrected chi connectivity index (χ2v) is 7.44. The molecule has 4 rings (SSSR count). The lowest BCUT2D eigenvalue weighted by Crippen LogP contribution is -2.34. The maximum absolute atomic E-state index is 14.7. The molecule has 0 amide bonds. The molecule has 27 heavy (non-hydrogen) atoms. The van der Waals surface area contributed by atoms with Crippen LogP contribution in [0, 0.1) is 18.6 Å². The monoisotopic (exact) mass is 370 g/mol. The molecule has 1 fully saturated rings. The fourth-order valence-electron chi connectivity index (χ4n) is 4.49. The van der Waals surface area contributed by atoms with Gasteiger partial charge in [0, 0.05) is 12.4 Å². The first-order valence-corrected chi connectivity index (χ1v) is 8.93. The fourth-order valence-corrected chi connectivity index (χ4v) is 4.49. The van der Waals surface area contributed by atoms with Crippen LogP contribution in [-0.4, -0.2) is 20.9 Å². The van der Waals surface area contributed by atoms with Crippen molar-refractivity contribution < 1.29 is 18.7 Å². The van der Waals surface area contributed by atoms with E-state index in [0.29, 0.717) is 34.9 Å². The summed E-state index contributed by atoms with van der Waals surface area (Å²) in [6.07, 6.45) is 2.73. The summed E-state index contributed by atoms with van der Waals surface area (Å²) in [6.45, 7) is 1.60. The number of benzene rings is 2. The third-order valence-electron chi connectivity index (χ3n) is 6.01. The van der Waals surface area contributed by atoms with E-state index in [0.717, 1.165) is 5.52 Å². The van der Waals surface area contributed by atoms with Gasteiger partial charge in [-0.05, 0) is 67.0 Å². The van der Waals surface area contributed by atoms with Crippen LogP contribution in [0.1, 0.15) is 41.9 Å². The second-order valence-electron chi connectivity index (χ2n) is 7.44. The van der Waals surface area contributed by atoms with E-state index in [1.807, 2.05) is 0 Å². The van der Waals surface area contributed by atoms with Gasteiger partial charge in [0.2, 0.25) is 0 Å². The number of carbonyl (C=O) groups is 1. The molecule has 140 valence electrons. The van der Waals surface area contributed by atoms with Gasteiger partial charge < -0.3 is 5.11 Å². The van der Waals surface area contributed by atoms with Crippen molar-refractivity contribution in [1.29, 1.82) is 0 Å². The molecule has 0 radical (unpaired) electrons.